The quantitative estimate of drug-likeness (QED) is 0.0701. The van der Waals surface area contributed by atoms with Crippen molar-refractivity contribution in [1.82, 2.24) is 0 Å². The maximum Gasteiger partial charge on any atom is 0.332 e. The molecule has 0 amide bonds. The Morgan fingerprint density at radius 1 is 0.326 bits per heavy atom. The van der Waals surface area contributed by atoms with Crippen LogP contribution < -0.4 is 0 Å². The van der Waals surface area contributed by atoms with Gasteiger partial charge in [0.15, 0.2) is 0 Å². The summed E-state index contributed by atoms with van der Waals surface area (Å²) in [6, 6.07) is 0. The Hall–Kier alpha value is -1.34. The van der Waals surface area contributed by atoms with Gasteiger partial charge in [0, 0.05) is 13.2 Å². The first kappa shape index (κ1) is 41.7. The van der Waals surface area contributed by atoms with Crippen LogP contribution in [0.25, 0.3) is 0 Å². The molecule has 43 heavy (non-hydrogen) atoms. The van der Waals surface area contributed by atoms with Gasteiger partial charge in [-0.25, -0.2) is 9.59 Å². The monoisotopic (exact) mass is 622 g/mol. The Morgan fingerprint density at radius 3 is 0.953 bits per heavy atom. The summed E-state index contributed by atoms with van der Waals surface area (Å²) in [5.41, 5.74) is 0. The lowest BCUT2D eigenvalue weighted by molar-refractivity contribution is -0.157. The Labute approximate surface area is 260 Å². The molecule has 11 nitrogen and oxygen atoms in total. The van der Waals surface area contributed by atoms with E-state index in [1.54, 1.807) is 0 Å². The summed E-state index contributed by atoms with van der Waals surface area (Å²) in [7, 11) is 0. The number of hydrogen-bond acceptors (Lipinski definition) is 11. The third-order valence-corrected chi connectivity index (χ3v) is 6.19. The predicted molar refractivity (Wildman–Crippen MR) is 164 cm³/mol. The van der Waals surface area contributed by atoms with Crippen molar-refractivity contribution < 1.29 is 52.2 Å². The van der Waals surface area contributed by atoms with Gasteiger partial charge in [0.2, 0.25) is 0 Å². The van der Waals surface area contributed by atoms with E-state index in [1.807, 2.05) is 0 Å². The Bertz CT molecular complexity index is 530. The van der Waals surface area contributed by atoms with Gasteiger partial charge in [-0.1, -0.05) is 78.1 Å². The van der Waals surface area contributed by atoms with Crippen LogP contribution in [0.5, 0.6) is 0 Å². The average molecular weight is 623 g/mol. The smallest absolute Gasteiger partial charge is 0.332 e. The van der Waals surface area contributed by atoms with Gasteiger partial charge in [-0.15, -0.1) is 0 Å². The molecule has 0 aliphatic heterocycles. The van der Waals surface area contributed by atoms with Crippen LogP contribution in [0.15, 0.2) is 0 Å². The number of hydrogen-bond donors (Lipinski definition) is 0. The summed E-state index contributed by atoms with van der Waals surface area (Å²) in [5, 5.41) is 0. The average Bonchev–Trinajstić information content (AvgIpc) is 3.00. The zero-order valence-corrected chi connectivity index (χ0v) is 27.3. The summed E-state index contributed by atoms with van der Waals surface area (Å²) in [6.07, 6.45) is 15.0. The Kier molecular flexibility index (Phi) is 35.7. The highest BCUT2D eigenvalue weighted by molar-refractivity contribution is 5.73. The Morgan fingerprint density at radius 2 is 0.605 bits per heavy atom. The second-order valence-corrected chi connectivity index (χ2v) is 10.1. The number of carbonyl (C=O) groups excluding carboxylic acids is 2. The SMILES string of the molecule is CCCCCCCCOCCOCCOCCOC(=O)COCC(=O)OCCOCCOCCOCCCCCCCC. The van der Waals surface area contributed by atoms with Crippen molar-refractivity contribution in [2.45, 2.75) is 90.9 Å². The fourth-order valence-electron chi connectivity index (χ4n) is 3.78. The minimum atomic E-state index is -0.577. The largest absolute Gasteiger partial charge is 0.462 e. The molecule has 0 N–H and O–H groups in total. The number of carbonyl (C=O) groups is 2. The minimum absolute atomic E-state index is 0.0985. The second kappa shape index (κ2) is 36.8. The zero-order chi connectivity index (χ0) is 31.3. The molecule has 0 bridgehead atoms. The first-order valence-corrected chi connectivity index (χ1v) is 16.6. The van der Waals surface area contributed by atoms with Gasteiger partial charge in [0.05, 0.1) is 66.1 Å². The van der Waals surface area contributed by atoms with Gasteiger partial charge < -0.3 is 42.6 Å². The molecule has 0 spiro atoms. The van der Waals surface area contributed by atoms with Gasteiger partial charge in [-0.05, 0) is 12.8 Å². The molecular weight excluding hydrogens is 560 g/mol. The van der Waals surface area contributed by atoms with Gasteiger partial charge >= 0.3 is 11.9 Å². The molecule has 0 fully saturated rings. The van der Waals surface area contributed by atoms with E-state index in [0.717, 1.165) is 26.1 Å². The topological polar surface area (TPSA) is 117 Å². The molecule has 0 unspecified atom stereocenters. The van der Waals surface area contributed by atoms with Crippen molar-refractivity contribution >= 4 is 11.9 Å². The molecule has 0 aromatic heterocycles. The molecule has 0 saturated carbocycles. The van der Waals surface area contributed by atoms with E-state index in [1.165, 1.54) is 64.2 Å². The fourth-order valence-corrected chi connectivity index (χ4v) is 3.78. The molecule has 0 aliphatic rings. The van der Waals surface area contributed by atoms with E-state index in [9.17, 15) is 9.59 Å². The Balaban J connectivity index is 3.26. The maximum absolute atomic E-state index is 11.7. The number of esters is 2. The first-order valence-electron chi connectivity index (χ1n) is 16.6. The summed E-state index contributed by atoms with van der Waals surface area (Å²) >= 11 is 0. The van der Waals surface area contributed by atoms with Crippen LogP contribution in [-0.4, -0.2) is 118 Å². The third kappa shape index (κ3) is 36.8. The molecule has 0 aromatic carbocycles. The highest BCUT2D eigenvalue weighted by atomic mass is 16.6. The molecule has 0 atom stereocenters. The van der Waals surface area contributed by atoms with Gasteiger partial charge in [-0.2, -0.15) is 0 Å². The van der Waals surface area contributed by atoms with Crippen LogP contribution in [0, 0.1) is 0 Å². The molecule has 11 heteroatoms. The van der Waals surface area contributed by atoms with Crippen molar-refractivity contribution in [2.75, 3.05) is 106 Å². The lowest BCUT2D eigenvalue weighted by Gasteiger charge is -2.09. The molecule has 0 aromatic rings. The summed E-state index contributed by atoms with van der Waals surface area (Å²) in [6.45, 7) is 9.97. The minimum Gasteiger partial charge on any atom is -0.462 e. The molecule has 0 heterocycles. The van der Waals surface area contributed by atoms with E-state index in [4.69, 9.17) is 42.6 Å². The van der Waals surface area contributed by atoms with Gasteiger partial charge in [0.25, 0.3) is 0 Å². The van der Waals surface area contributed by atoms with Gasteiger partial charge in [-0.3, -0.25) is 0 Å². The number of ether oxygens (including phenoxy) is 9. The summed E-state index contributed by atoms with van der Waals surface area (Å²) in [4.78, 5) is 23.3. The van der Waals surface area contributed by atoms with Crippen LogP contribution in [0.3, 0.4) is 0 Å². The zero-order valence-electron chi connectivity index (χ0n) is 27.3. The second-order valence-electron chi connectivity index (χ2n) is 10.1. The lowest BCUT2D eigenvalue weighted by Crippen LogP contribution is -2.21. The summed E-state index contributed by atoms with van der Waals surface area (Å²) in [5.74, 6) is -1.15. The standard InChI is InChI=1S/C32H62O11/c1-3-5-7-9-11-13-15-35-17-19-37-21-23-39-25-27-42-31(33)29-41-30-32(34)43-28-26-40-24-22-38-20-18-36-16-14-12-10-8-6-4-2/h3-30H2,1-2H3. The lowest BCUT2D eigenvalue weighted by atomic mass is 10.1. The van der Waals surface area contributed by atoms with Crippen molar-refractivity contribution in [3.05, 3.63) is 0 Å². The van der Waals surface area contributed by atoms with Crippen LogP contribution in [0.4, 0.5) is 0 Å². The third-order valence-electron chi connectivity index (χ3n) is 6.19. The van der Waals surface area contributed by atoms with E-state index in [2.05, 4.69) is 13.8 Å². The van der Waals surface area contributed by atoms with Crippen LogP contribution in [0.1, 0.15) is 90.9 Å². The first-order chi connectivity index (χ1) is 21.2. The fraction of sp³-hybridized carbons (Fsp3) is 0.938. The normalized spacial score (nSPS) is 11.2. The number of unbranched alkanes of at least 4 members (excludes halogenated alkanes) is 10. The van der Waals surface area contributed by atoms with E-state index < -0.39 is 11.9 Å². The van der Waals surface area contributed by atoms with Crippen LogP contribution in [-0.2, 0) is 52.2 Å². The maximum atomic E-state index is 11.7. The molecular formula is C32H62O11. The molecule has 0 rings (SSSR count). The molecule has 0 aliphatic carbocycles. The van der Waals surface area contributed by atoms with Crippen molar-refractivity contribution in [3.63, 3.8) is 0 Å². The molecule has 0 saturated heterocycles. The summed E-state index contributed by atoms with van der Waals surface area (Å²) < 4.78 is 47.7. The van der Waals surface area contributed by atoms with Crippen LogP contribution in [0.2, 0.25) is 0 Å². The van der Waals surface area contributed by atoms with Gasteiger partial charge in [0.1, 0.15) is 26.4 Å². The predicted octanol–water partition coefficient (Wildman–Crippen LogP) is 4.91. The van der Waals surface area contributed by atoms with Crippen molar-refractivity contribution in [2.24, 2.45) is 0 Å². The highest BCUT2D eigenvalue weighted by Crippen LogP contribution is 2.05. The van der Waals surface area contributed by atoms with Crippen molar-refractivity contribution in [1.29, 1.82) is 0 Å². The van der Waals surface area contributed by atoms with E-state index >= 15 is 0 Å². The van der Waals surface area contributed by atoms with Crippen molar-refractivity contribution in [3.8, 4) is 0 Å². The van der Waals surface area contributed by atoms with Crippen LogP contribution >= 0.6 is 0 Å². The molecule has 0 radical (unpaired) electrons. The van der Waals surface area contributed by atoms with E-state index in [0.29, 0.717) is 52.9 Å². The van der Waals surface area contributed by atoms with E-state index in [-0.39, 0.29) is 39.6 Å². The highest BCUT2D eigenvalue weighted by Gasteiger charge is 2.07. The number of rotatable bonds is 36. The molecule has 256 valence electrons.